The number of nitrogens with zero attached hydrogens (tertiary/aromatic N) is 1. The first-order valence-corrected chi connectivity index (χ1v) is 9.24. The lowest BCUT2D eigenvalue weighted by Crippen LogP contribution is -2.14. The number of hydrogen-bond donors (Lipinski definition) is 2. The van der Waals surface area contributed by atoms with E-state index in [4.69, 9.17) is 0 Å². The first kappa shape index (κ1) is 17.2. The third kappa shape index (κ3) is 5.72. The van der Waals surface area contributed by atoms with Crippen molar-refractivity contribution in [2.45, 2.75) is 19.3 Å². The predicted molar refractivity (Wildman–Crippen MR) is 104 cm³/mol. The smallest absolute Gasteiger partial charge is 0.229 e. The molecule has 0 spiro atoms. The molecule has 3 rings (SSSR count). The highest BCUT2D eigenvalue weighted by molar-refractivity contribution is 7.10. The number of rotatable bonds is 8. The summed E-state index contributed by atoms with van der Waals surface area (Å²) in [5.74, 6) is 0.803. The zero-order valence-corrected chi connectivity index (χ0v) is 14.8. The Bertz CT molecular complexity index is 770. The quantitative estimate of drug-likeness (QED) is 0.593. The molecular formula is C20H21N3OS. The van der Waals surface area contributed by atoms with Gasteiger partial charge in [-0.05, 0) is 42.0 Å². The van der Waals surface area contributed by atoms with Crippen LogP contribution in [0.1, 0.15) is 16.9 Å². The van der Waals surface area contributed by atoms with Crippen molar-refractivity contribution >= 4 is 28.7 Å². The van der Waals surface area contributed by atoms with Gasteiger partial charge in [-0.3, -0.25) is 4.79 Å². The Hall–Kier alpha value is -2.66. The van der Waals surface area contributed by atoms with E-state index in [1.165, 1.54) is 5.56 Å². The molecule has 5 heteroatoms. The molecule has 0 aliphatic carbocycles. The fourth-order valence-corrected chi connectivity index (χ4v) is 3.21. The summed E-state index contributed by atoms with van der Waals surface area (Å²) in [6, 6.07) is 18.1. The first-order chi connectivity index (χ1) is 12.3. The van der Waals surface area contributed by atoms with Crippen LogP contribution in [0.15, 0.2) is 66.2 Å². The van der Waals surface area contributed by atoms with Crippen molar-refractivity contribution in [3.05, 3.63) is 76.6 Å². The minimum Gasteiger partial charge on any atom is -0.370 e. The number of benzene rings is 1. The van der Waals surface area contributed by atoms with E-state index in [2.05, 4.69) is 39.9 Å². The van der Waals surface area contributed by atoms with E-state index in [0.717, 1.165) is 35.8 Å². The highest BCUT2D eigenvalue weighted by Gasteiger charge is 2.05. The van der Waals surface area contributed by atoms with E-state index in [-0.39, 0.29) is 5.91 Å². The second-order valence-electron chi connectivity index (χ2n) is 5.75. The van der Waals surface area contributed by atoms with E-state index < -0.39 is 0 Å². The Morgan fingerprint density at radius 1 is 1.04 bits per heavy atom. The molecule has 0 saturated heterocycles. The summed E-state index contributed by atoms with van der Waals surface area (Å²) in [5, 5.41) is 8.16. The van der Waals surface area contributed by atoms with Crippen LogP contribution in [0.4, 0.5) is 11.5 Å². The van der Waals surface area contributed by atoms with Crippen LogP contribution >= 0.6 is 11.3 Å². The van der Waals surface area contributed by atoms with Crippen LogP contribution in [0, 0.1) is 0 Å². The van der Waals surface area contributed by atoms with E-state index >= 15 is 0 Å². The van der Waals surface area contributed by atoms with Crippen molar-refractivity contribution in [1.29, 1.82) is 0 Å². The number of carbonyl (C=O) groups excluding carboxylic acids is 1. The summed E-state index contributed by atoms with van der Waals surface area (Å²) in [4.78, 5) is 17.4. The van der Waals surface area contributed by atoms with Gasteiger partial charge in [-0.2, -0.15) is 0 Å². The molecule has 1 amide bonds. The highest BCUT2D eigenvalue weighted by atomic mass is 32.1. The Morgan fingerprint density at radius 3 is 2.64 bits per heavy atom. The Kier molecular flexibility index (Phi) is 6.17. The summed E-state index contributed by atoms with van der Waals surface area (Å²) >= 11 is 1.59. The molecule has 128 valence electrons. The van der Waals surface area contributed by atoms with Gasteiger partial charge in [-0.15, -0.1) is 11.3 Å². The zero-order chi connectivity index (χ0) is 17.3. The maximum absolute atomic E-state index is 12.0. The molecule has 0 radical (unpaired) electrons. The van der Waals surface area contributed by atoms with Crippen LogP contribution in [-0.2, 0) is 17.6 Å². The Morgan fingerprint density at radius 2 is 1.92 bits per heavy atom. The lowest BCUT2D eigenvalue weighted by atomic mass is 10.1. The molecular weight excluding hydrogens is 330 g/mol. The fraction of sp³-hybridized carbons (Fsp3) is 0.200. The summed E-state index contributed by atoms with van der Waals surface area (Å²) in [6.45, 7) is 0.867. The zero-order valence-electron chi connectivity index (χ0n) is 13.9. The second kappa shape index (κ2) is 8.99. The van der Waals surface area contributed by atoms with Crippen LogP contribution in [0.5, 0.6) is 0 Å². The molecule has 0 aliphatic heterocycles. The van der Waals surface area contributed by atoms with Crippen molar-refractivity contribution in [2.24, 2.45) is 0 Å². The average molecular weight is 351 g/mol. The van der Waals surface area contributed by atoms with Crippen LogP contribution < -0.4 is 10.6 Å². The molecule has 0 unspecified atom stereocenters. The van der Waals surface area contributed by atoms with Gasteiger partial charge in [0.2, 0.25) is 5.91 Å². The van der Waals surface area contributed by atoms with Crippen molar-refractivity contribution < 1.29 is 4.79 Å². The number of pyridine rings is 1. The molecule has 0 bridgehead atoms. The summed E-state index contributed by atoms with van der Waals surface area (Å²) < 4.78 is 0. The fourth-order valence-electron chi connectivity index (χ4n) is 2.50. The first-order valence-electron chi connectivity index (χ1n) is 8.36. The Balaban J connectivity index is 1.40. The van der Waals surface area contributed by atoms with Gasteiger partial charge in [0.25, 0.3) is 0 Å². The van der Waals surface area contributed by atoms with E-state index in [0.29, 0.717) is 6.42 Å². The minimum absolute atomic E-state index is 0.0205. The normalized spacial score (nSPS) is 10.4. The molecule has 1 aromatic carbocycles. The van der Waals surface area contributed by atoms with Gasteiger partial charge in [0.05, 0.1) is 18.3 Å². The summed E-state index contributed by atoms with van der Waals surface area (Å²) in [5.41, 5.74) is 2.07. The van der Waals surface area contributed by atoms with Crippen LogP contribution in [0.25, 0.3) is 0 Å². The van der Waals surface area contributed by atoms with Gasteiger partial charge >= 0.3 is 0 Å². The molecule has 0 fully saturated rings. The van der Waals surface area contributed by atoms with Gasteiger partial charge in [0.15, 0.2) is 0 Å². The largest absolute Gasteiger partial charge is 0.370 e. The molecule has 0 saturated carbocycles. The number of thiophene rings is 1. The van der Waals surface area contributed by atoms with Gasteiger partial charge in [0, 0.05) is 11.4 Å². The SMILES string of the molecule is O=C(Cc1cccs1)Nc1ccc(NCCCc2ccccc2)nc1. The lowest BCUT2D eigenvalue weighted by Gasteiger charge is -2.08. The van der Waals surface area contributed by atoms with Gasteiger partial charge < -0.3 is 10.6 Å². The lowest BCUT2D eigenvalue weighted by molar-refractivity contribution is -0.115. The number of hydrogen-bond acceptors (Lipinski definition) is 4. The van der Waals surface area contributed by atoms with E-state index in [1.54, 1.807) is 17.5 Å². The molecule has 0 atom stereocenters. The highest BCUT2D eigenvalue weighted by Crippen LogP contribution is 2.13. The number of aryl methyl sites for hydroxylation is 1. The third-order valence-electron chi connectivity index (χ3n) is 3.75. The Labute approximate surface area is 151 Å². The molecule has 0 aliphatic rings. The number of aromatic nitrogens is 1. The molecule has 2 N–H and O–H groups in total. The number of nitrogens with one attached hydrogen (secondary N) is 2. The maximum atomic E-state index is 12.0. The number of amides is 1. The average Bonchev–Trinajstić information content (AvgIpc) is 3.14. The molecule has 25 heavy (non-hydrogen) atoms. The van der Waals surface area contributed by atoms with Crippen LogP contribution in [-0.4, -0.2) is 17.4 Å². The standard InChI is InChI=1S/C20H21N3OS/c24-20(14-18-9-5-13-25-18)23-17-10-11-19(22-15-17)21-12-4-8-16-6-2-1-3-7-16/h1-3,5-7,9-11,13,15H,4,8,12,14H2,(H,21,22)(H,23,24). The van der Waals surface area contributed by atoms with Crippen molar-refractivity contribution in [2.75, 3.05) is 17.2 Å². The number of carbonyl (C=O) groups is 1. The topological polar surface area (TPSA) is 54.0 Å². The third-order valence-corrected chi connectivity index (χ3v) is 4.63. The van der Waals surface area contributed by atoms with Gasteiger partial charge in [-0.1, -0.05) is 36.4 Å². The van der Waals surface area contributed by atoms with E-state index in [1.807, 2.05) is 35.7 Å². The minimum atomic E-state index is -0.0205. The van der Waals surface area contributed by atoms with Crippen LogP contribution in [0.2, 0.25) is 0 Å². The van der Waals surface area contributed by atoms with Gasteiger partial charge in [-0.25, -0.2) is 4.98 Å². The maximum Gasteiger partial charge on any atom is 0.229 e. The molecule has 2 heterocycles. The molecule has 4 nitrogen and oxygen atoms in total. The number of anilines is 2. The van der Waals surface area contributed by atoms with Crippen LogP contribution in [0.3, 0.4) is 0 Å². The monoisotopic (exact) mass is 351 g/mol. The summed E-state index contributed by atoms with van der Waals surface area (Å²) in [7, 11) is 0. The van der Waals surface area contributed by atoms with Gasteiger partial charge in [0.1, 0.15) is 5.82 Å². The predicted octanol–water partition coefficient (Wildman–Crippen LogP) is 4.37. The summed E-state index contributed by atoms with van der Waals surface area (Å²) in [6.07, 6.45) is 4.18. The van der Waals surface area contributed by atoms with Crippen molar-refractivity contribution in [3.8, 4) is 0 Å². The van der Waals surface area contributed by atoms with E-state index in [9.17, 15) is 4.79 Å². The second-order valence-corrected chi connectivity index (χ2v) is 6.78. The van der Waals surface area contributed by atoms with Crippen molar-refractivity contribution in [1.82, 2.24) is 4.98 Å². The molecule has 3 aromatic rings. The van der Waals surface area contributed by atoms with Crippen molar-refractivity contribution in [3.63, 3.8) is 0 Å². The molecule has 2 aromatic heterocycles.